The van der Waals surface area contributed by atoms with Crippen LogP contribution in [0.2, 0.25) is 0 Å². The Morgan fingerprint density at radius 3 is 2.24 bits per heavy atom. The fourth-order valence-electron chi connectivity index (χ4n) is 4.95. The van der Waals surface area contributed by atoms with Crippen molar-refractivity contribution in [3.05, 3.63) is 108 Å². The summed E-state index contributed by atoms with van der Waals surface area (Å²) in [5, 5.41) is 12.7. The van der Waals surface area contributed by atoms with E-state index in [2.05, 4.69) is 6.07 Å². The topological polar surface area (TPSA) is 73.6 Å². The van der Waals surface area contributed by atoms with Crippen LogP contribution in [0.3, 0.4) is 0 Å². The van der Waals surface area contributed by atoms with Crippen LogP contribution >= 0.6 is 0 Å². The van der Waals surface area contributed by atoms with E-state index in [1.54, 1.807) is 23.3 Å². The fraction of sp³-hybridized carbons (Fsp3) is 0.107. The number of amides is 2. The molecule has 0 radical (unpaired) electrons. The van der Waals surface area contributed by atoms with Crippen molar-refractivity contribution in [2.45, 2.75) is 12.1 Å². The highest BCUT2D eigenvalue weighted by Gasteiger charge is 2.60. The summed E-state index contributed by atoms with van der Waals surface area (Å²) in [4.78, 5) is 34.9. The van der Waals surface area contributed by atoms with Crippen LogP contribution in [-0.4, -0.2) is 17.9 Å². The molecule has 0 bridgehead atoms. The first-order valence-corrected chi connectivity index (χ1v) is 11.0. The molecule has 0 unspecified atom stereocenters. The molecule has 4 aromatic carbocycles. The van der Waals surface area contributed by atoms with Crippen LogP contribution in [0, 0.1) is 17.2 Å². The molecule has 2 saturated heterocycles. The molecule has 6 rings (SSSR count). The van der Waals surface area contributed by atoms with Gasteiger partial charge in [-0.05, 0) is 41.3 Å². The number of hydrogen-bond acceptors (Lipinski definition) is 5. The Balaban J connectivity index is 1.46. The van der Waals surface area contributed by atoms with E-state index in [9.17, 15) is 14.9 Å². The number of para-hydroxylation sites is 1. The summed E-state index contributed by atoms with van der Waals surface area (Å²) >= 11 is 0. The number of fused-ring (bicyclic) bond motifs is 2. The Labute approximate surface area is 196 Å². The fourth-order valence-corrected chi connectivity index (χ4v) is 4.95. The maximum atomic E-state index is 13.9. The van der Waals surface area contributed by atoms with Crippen LogP contribution in [0.25, 0.3) is 10.8 Å². The lowest BCUT2D eigenvalue weighted by atomic mass is 9.90. The van der Waals surface area contributed by atoms with Gasteiger partial charge in [-0.1, -0.05) is 66.7 Å². The van der Waals surface area contributed by atoms with Gasteiger partial charge in [0.05, 0.1) is 29.0 Å². The Hall–Kier alpha value is -4.47. The predicted molar refractivity (Wildman–Crippen MR) is 128 cm³/mol. The van der Waals surface area contributed by atoms with Gasteiger partial charge in [0.2, 0.25) is 5.91 Å². The molecule has 2 fully saturated rings. The lowest BCUT2D eigenvalue weighted by molar-refractivity contribution is -0.126. The highest BCUT2D eigenvalue weighted by Crippen LogP contribution is 2.48. The molecular formula is C28H19N3O3. The first-order valence-electron chi connectivity index (χ1n) is 11.0. The summed E-state index contributed by atoms with van der Waals surface area (Å²) in [6.07, 6.45) is -0.938. The van der Waals surface area contributed by atoms with Crippen LogP contribution in [0.1, 0.15) is 17.2 Å². The molecule has 3 atom stereocenters. The number of nitriles is 1. The third kappa shape index (κ3) is 2.99. The molecule has 0 N–H and O–H groups in total. The van der Waals surface area contributed by atoms with E-state index in [0.717, 1.165) is 22.0 Å². The second-order valence-corrected chi connectivity index (χ2v) is 8.40. The highest BCUT2D eigenvalue weighted by atomic mass is 16.7. The number of imide groups is 1. The average molecular weight is 445 g/mol. The molecule has 2 aliphatic rings. The van der Waals surface area contributed by atoms with Crippen LogP contribution in [0.4, 0.5) is 11.4 Å². The largest absolute Gasteiger partial charge is 0.273 e. The van der Waals surface area contributed by atoms with Crippen molar-refractivity contribution in [2.75, 3.05) is 9.96 Å². The molecule has 0 saturated carbocycles. The number of anilines is 2. The second-order valence-electron chi connectivity index (χ2n) is 8.40. The normalized spacial score (nSPS) is 21.7. The molecule has 2 amide bonds. The quantitative estimate of drug-likeness (QED) is 0.425. The van der Waals surface area contributed by atoms with Crippen LogP contribution < -0.4 is 9.96 Å². The number of benzene rings is 4. The Kier molecular flexibility index (Phi) is 4.65. The minimum absolute atomic E-state index is 0.292. The zero-order valence-corrected chi connectivity index (χ0v) is 18.0. The zero-order chi connectivity index (χ0) is 23.2. The molecule has 0 aromatic heterocycles. The van der Waals surface area contributed by atoms with Crippen molar-refractivity contribution in [3.8, 4) is 6.07 Å². The summed E-state index contributed by atoms with van der Waals surface area (Å²) in [7, 11) is 0. The minimum Gasteiger partial charge on any atom is -0.273 e. The second kappa shape index (κ2) is 7.84. The standard InChI is InChI=1S/C28H19N3O3/c29-17-18-13-15-20(16-14-18)25-24-26(34-31(25)21-9-2-1-3-10-21)28(33)30(27(24)32)23-12-6-8-19-7-4-5-11-22(19)23/h1-16,24-26H/t24-,25+,26-/m1/s1. The highest BCUT2D eigenvalue weighted by molar-refractivity contribution is 6.26. The number of nitrogens with zero attached hydrogens (tertiary/aromatic N) is 3. The van der Waals surface area contributed by atoms with Gasteiger partial charge in [-0.15, -0.1) is 0 Å². The van der Waals surface area contributed by atoms with Gasteiger partial charge in [-0.2, -0.15) is 5.26 Å². The van der Waals surface area contributed by atoms with Gasteiger partial charge < -0.3 is 0 Å². The maximum absolute atomic E-state index is 13.9. The molecule has 6 nitrogen and oxygen atoms in total. The molecular weight excluding hydrogens is 426 g/mol. The first-order chi connectivity index (χ1) is 16.7. The number of rotatable bonds is 3. The minimum atomic E-state index is -0.938. The van der Waals surface area contributed by atoms with Gasteiger partial charge in [0.25, 0.3) is 5.91 Å². The van der Waals surface area contributed by atoms with Gasteiger partial charge in [0.1, 0.15) is 5.92 Å². The number of carbonyl (C=O) groups is 2. The third-order valence-electron chi connectivity index (χ3n) is 6.51. The summed E-state index contributed by atoms with van der Waals surface area (Å²) in [5.74, 6) is -1.39. The smallest absolute Gasteiger partial charge is 0.266 e. The zero-order valence-electron chi connectivity index (χ0n) is 18.0. The number of hydrogen-bond donors (Lipinski definition) is 0. The van der Waals surface area contributed by atoms with Crippen molar-refractivity contribution < 1.29 is 14.4 Å². The molecule has 2 aliphatic heterocycles. The van der Waals surface area contributed by atoms with E-state index < -0.39 is 18.1 Å². The van der Waals surface area contributed by atoms with Crippen molar-refractivity contribution in [1.82, 2.24) is 0 Å². The van der Waals surface area contributed by atoms with Crippen LogP contribution in [0.5, 0.6) is 0 Å². The first kappa shape index (κ1) is 20.2. The van der Waals surface area contributed by atoms with E-state index in [1.807, 2.05) is 78.9 Å². The summed E-state index contributed by atoms with van der Waals surface area (Å²) in [6, 6.07) is 31.4. The van der Waals surface area contributed by atoms with Gasteiger partial charge in [0, 0.05) is 5.39 Å². The molecule has 164 valence electrons. The van der Waals surface area contributed by atoms with E-state index >= 15 is 0 Å². The van der Waals surface area contributed by atoms with Gasteiger partial charge in [-0.3, -0.25) is 14.4 Å². The average Bonchev–Trinajstić information content (AvgIpc) is 3.40. The SMILES string of the molecule is N#Cc1ccc([C@H]2[C@H]3C(=O)N(c4cccc5ccccc45)C(=O)[C@@H]3ON2c2ccccc2)cc1. The summed E-state index contributed by atoms with van der Waals surface area (Å²) in [6.45, 7) is 0. The van der Waals surface area contributed by atoms with Crippen LogP contribution in [0.15, 0.2) is 97.1 Å². The van der Waals surface area contributed by atoms with E-state index in [-0.39, 0.29) is 11.8 Å². The van der Waals surface area contributed by atoms with Crippen molar-refractivity contribution >= 4 is 34.0 Å². The maximum Gasteiger partial charge on any atom is 0.266 e. The monoisotopic (exact) mass is 445 g/mol. The molecule has 4 aromatic rings. The van der Waals surface area contributed by atoms with Crippen molar-refractivity contribution in [3.63, 3.8) is 0 Å². The number of carbonyl (C=O) groups excluding carboxylic acids is 2. The Morgan fingerprint density at radius 2 is 1.47 bits per heavy atom. The Bertz CT molecular complexity index is 1450. The molecule has 2 heterocycles. The molecule has 0 aliphatic carbocycles. The Morgan fingerprint density at radius 1 is 0.765 bits per heavy atom. The van der Waals surface area contributed by atoms with E-state index in [1.165, 1.54) is 4.90 Å². The van der Waals surface area contributed by atoms with Crippen LogP contribution in [-0.2, 0) is 14.4 Å². The molecule has 6 heteroatoms. The predicted octanol–water partition coefficient (Wildman–Crippen LogP) is 4.76. The van der Waals surface area contributed by atoms with E-state index in [0.29, 0.717) is 11.3 Å². The van der Waals surface area contributed by atoms with Gasteiger partial charge in [0.15, 0.2) is 6.10 Å². The van der Waals surface area contributed by atoms with E-state index in [4.69, 9.17) is 4.84 Å². The van der Waals surface area contributed by atoms with Gasteiger partial charge in [-0.25, -0.2) is 9.96 Å². The lowest BCUT2D eigenvalue weighted by Crippen LogP contribution is -2.37. The van der Waals surface area contributed by atoms with Crippen molar-refractivity contribution in [1.29, 1.82) is 5.26 Å². The summed E-state index contributed by atoms with van der Waals surface area (Å²) < 4.78 is 0. The van der Waals surface area contributed by atoms with Gasteiger partial charge >= 0.3 is 0 Å². The molecule has 34 heavy (non-hydrogen) atoms. The molecule has 0 spiro atoms. The third-order valence-corrected chi connectivity index (χ3v) is 6.51. The lowest BCUT2D eigenvalue weighted by Gasteiger charge is -2.29. The van der Waals surface area contributed by atoms with Crippen molar-refractivity contribution in [2.24, 2.45) is 5.92 Å². The number of hydroxylamine groups is 1. The summed E-state index contributed by atoms with van der Waals surface area (Å²) in [5.41, 5.74) is 2.65.